The number of alkyl halides is 3. The quantitative estimate of drug-likeness (QED) is 0.660. The third-order valence-corrected chi connectivity index (χ3v) is 4.15. The predicted octanol–water partition coefficient (Wildman–Crippen LogP) is 2.99. The van der Waals surface area contributed by atoms with Crippen molar-refractivity contribution in [1.82, 2.24) is 15.1 Å². The van der Waals surface area contributed by atoms with Crippen LogP contribution in [0, 0.1) is 0 Å². The molecule has 0 spiro atoms. The Hall–Kier alpha value is -1.47. The maximum atomic E-state index is 12.2. The average molecular weight is 363 g/mol. The van der Waals surface area contributed by atoms with E-state index in [1.165, 1.54) is 5.56 Å². The molecule has 134 valence electrons. The molecule has 1 saturated heterocycles. The van der Waals surface area contributed by atoms with E-state index in [0.717, 1.165) is 37.7 Å². The van der Waals surface area contributed by atoms with Gasteiger partial charge in [0.15, 0.2) is 5.96 Å². The van der Waals surface area contributed by atoms with Crippen LogP contribution in [-0.2, 0) is 6.54 Å². The smallest absolute Gasteiger partial charge is 0.356 e. The summed E-state index contributed by atoms with van der Waals surface area (Å²) < 4.78 is 36.7. The third-order valence-electron chi connectivity index (χ3n) is 3.89. The molecular weight excluding hydrogens is 341 g/mol. The topological polar surface area (TPSA) is 30.9 Å². The minimum absolute atomic E-state index is 0.152. The summed E-state index contributed by atoms with van der Waals surface area (Å²) in [5, 5.41) is 3.51. The highest BCUT2D eigenvalue weighted by molar-refractivity contribution is 6.30. The first-order chi connectivity index (χ1) is 11.4. The summed E-state index contributed by atoms with van der Waals surface area (Å²) >= 11 is 5.88. The fraction of sp³-hybridized carbons (Fsp3) is 0.562. The van der Waals surface area contributed by atoms with E-state index in [0.29, 0.717) is 5.96 Å². The molecule has 1 aliphatic rings. The van der Waals surface area contributed by atoms with Gasteiger partial charge in [-0.15, -0.1) is 0 Å². The maximum absolute atomic E-state index is 12.2. The standard InChI is InChI=1S/C16H22ClF3N4/c1-21-15(22-7-6-16(18,19)20)24-10-8-23(9-11-24)12-13-2-4-14(17)5-3-13/h2-5H,6-12H2,1H3,(H,21,22). The minimum atomic E-state index is -4.15. The molecular formula is C16H22ClF3N4. The van der Waals surface area contributed by atoms with Crippen LogP contribution in [0.5, 0.6) is 0 Å². The zero-order chi connectivity index (χ0) is 17.6. The lowest BCUT2D eigenvalue weighted by Gasteiger charge is -2.36. The molecule has 2 rings (SSSR count). The second-order valence-corrected chi connectivity index (χ2v) is 6.17. The van der Waals surface area contributed by atoms with Crippen molar-refractivity contribution in [2.75, 3.05) is 39.8 Å². The number of halogens is 4. The number of nitrogens with zero attached hydrogens (tertiary/aromatic N) is 3. The van der Waals surface area contributed by atoms with Gasteiger partial charge in [-0.25, -0.2) is 0 Å². The van der Waals surface area contributed by atoms with E-state index in [-0.39, 0.29) is 6.54 Å². The summed E-state index contributed by atoms with van der Waals surface area (Å²) in [5.74, 6) is 0.533. The Morgan fingerprint density at radius 1 is 1.17 bits per heavy atom. The average Bonchev–Trinajstić information content (AvgIpc) is 2.54. The number of nitrogens with one attached hydrogen (secondary N) is 1. The molecule has 0 aromatic heterocycles. The van der Waals surface area contributed by atoms with Crippen LogP contribution in [0.3, 0.4) is 0 Å². The first-order valence-electron chi connectivity index (χ1n) is 7.86. The zero-order valence-corrected chi connectivity index (χ0v) is 14.4. The van der Waals surface area contributed by atoms with Gasteiger partial charge >= 0.3 is 6.18 Å². The summed E-state index contributed by atoms with van der Waals surface area (Å²) in [6.45, 7) is 3.83. The van der Waals surface area contributed by atoms with Gasteiger partial charge in [0, 0.05) is 51.3 Å². The van der Waals surface area contributed by atoms with Gasteiger partial charge in [0.2, 0.25) is 0 Å². The Kier molecular flexibility index (Phi) is 6.74. The molecule has 1 fully saturated rings. The van der Waals surface area contributed by atoms with Crippen molar-refractivity contribution in [3.05, 3.63) is 34.9 Å². The zero-order valence-electron chi connectivity index (χ0n) is 13.6. The Bertz CT molecular complexity index is 537. The predicted molar refractivity (Wildman–Crippen MR) is 90.3 cm³/mol. The van der Waals surface area contributed by atoms with Gasteiger partial charge in [-0.2, -0.15) is 13.2 Å². The fourth-order valence-corrected chi connectivity index (χ4v) is 2.74. The van der Waals surface area contributed by atoms with Crippen LogP contribution in [0.2, 0.25) is 5.02 Å². The van der Waals surface area contributed by atoms with E-state index in [2.05, 4.69) is 15.2 Å². The van der Waals surface area contributed by atoms with Crippen molar-refractivity contribution in [2.45, 2.75) is 19.1 Å². The second kappa shape index (κ2) is 8.58. The first-order valence-corrected chi connectivity index (χ1v) is 8.24. The molecule has 1 aliphatic heterocycles. The van der Waals surface area contributed by atoms with Gasteiger partial charge in [0.05, 0.1) is 6.42 Å². The van der Waals surface area contributed by atoms with Crippen LogP contribution in [0.4, 0.5) is 13.2 Å². The summed E-state index contributed by atoms with van der Waals surface area (Å²) in [6, 6.07) is 7.76. The monoisotopic (exact) mass is 362 g/mol. The van der Waals surface area contributed by atoms with E-state index in [9.17, 15) is 13.2 Å². The van der Waals surface area contributed by atoms with Crippen LogP contribution in [-0.4, -0.2) is 61.7 Å². The molecule has 0 unspecified atom stereocenters. The van der Waals surface area contributed by atoms with Crippen molar-refractivity contribution in [3.8, 4) is 0 Å². The van der Waals surface area contributed by atoms with Crippen molar-refractivity contribution in [1.29, 1.82) is 0 Å². The molecule has 1 aromatic rings. The first kappa shape index (κ1) is 18.9. The Morgan fingerprint density at radius 2 is 1.79 bits per heavy atom. The van der Waals surface area contributed by atoms with Gasteiger partial charge < -0.3 is 10.2 Å². The van der Waals surface area contributed by atoms with Crippen LogP contribution in [0.25, 0.3) is 0 Å². The molecule has 1 heterocycles. The summed E-state index contributed by atoms with van der Waals surface area (Å²) in [4.78, 5) is 8.38. The van der Waals surface area contributed by atoms with Crippen LogP contribution >= 0.6 is 11.6 Å². The summed E-state index contributed by atoms with van der Waals surface area (Å²) in [6.07, 6.45) is -5.01. The largest absolute Gasteiger partial charge is 0.390 e. The van der Waals surface area contributed by atoms with E-state index >= 15 is 0 Å². The molecule has 0 aliphatic carbocycles. The van der Waals surface area contributed by atoms with Crippen LogP contribution in [0.15, 0.2) is 29.3 Å². The lowest BCUT2D eigenvalue weighted by molar-refractivity contribution is -0.132. The Morgan fingerprint density at radius 3 is 2.33 bits per heavy atom. The number of aliphatic imine (C=N–C) groups is 1. The molecule has 1 aromatic carbocycles. The lowest BCUT2D eigenvalue weighted by Crippen LogP contribution is -2.52. The van der Waals surface area contributed by atoms with Gasteiger partial charge in [0.1, 0.15) is 0 Å². The van der Waals surface area contributed by atoms with Gasteiger partial charge in [0.25, 0.3) is 0 Å². The van der Waals surface area contributed by atoms with E-state index in [4.69, 9.17) is 11.6 Å². The van der Waals surface area contributed by atoms with Gasteiger partial charge in [-0.3, -0.25) is 9.89 Å². The second-order valence-electron chi connectivity index (χ2n) is 5.73. The lowest BCUT2D eigenvalue weighted by atomic mass is 10.2. The van der Waals surface area contributed by atoms with E-state index < -0.39 is 12.6 Å². The Balaban J connectivity index is 1.77. The van der Waals surface area contributed by atoms with Crippen molar-refractivity contribution >= 4 is 17.6 Å². The highest BCUT2D eigenvalue weighted by atomic mass is 35.5. The van der Waals surface area contributed by atoms with Crippen molar-refractivity contribution in [3.63, 3.8) is 0 Å². The molecule has 0 saturated carbocycles. The van der Waals surface area contributed by atoms with Crippen molar-refractivity contribution < 1.29 is 13.2 Å². The van der Waals surface area contributed by atoms with Gasteiger partial charge in [-0.05, 0) is 17.7 Å². The van der Waals surface area contributed by atoms with Crippen molar-refractivity contribution in [2.24, 2.45) is 4.99 Å². The van der Waals surface area contributed by atoms with Crippen LogP contribution in [0.1, 0.15) is 12.0 Å². The highest BCUT2D eigenvalue weighted by Crippen LogP contribution is 2.18. The molecule has 0 radical (unpaired) electrons. The molecule has 4 nitrogen and oxygen atoms in total. The summed E-state index contributed by atoms with van der Waals surface area (Å²) in [7, 11) is 1.59. The number of piperazine rings is 1. The number of rotatable bonds is 4. The summed E-state index contributed by atoms with van der Waals surface area (Å²) in [5.41, 5.74) is 1.19. The molecule has 8 heteroatoms. The van der Waals surface area contributed by atoms with Crippen LogP contribution < -0.4 is 5.32 Å². The van der Waals surface area contributed by atoms with Gasteiger partial charge in [-0.1, -0.05) is 23.7 Å². The minimum Gasteiger partial charge on any atom is -0.356 e. The highest BCUT2D eigenvalue weighted by Gasteiger charge is 2.27. The van der Waals surface area contributed by atoms with E-state index in [1.807, 2.05) is 29.2 Å². The fourth-order valence-electron chi connectivity index (χ4n) is 2.61. The third kappa shape index (κ3) is 6.20. The van der Waals surface area contributed by atoms with E-state index in [1.54, 1.807) is 7.05 Å². The Labute approximate surface area is 145 Å². The number of guanidine groups is 1. The SMILES string of the molecule is CN=C(NCCC(F)(F)F)N1CCN(Cc2ccc(Cl)cc2)CC1. The molecule has 24 heavy (non-hydrogen) atoms. The molecule has 0 bridgehead atoms. The molecule has 0 atom stereocenters. The number of hydrogen-bond acceptors (Lipinski definition) is 2. The maximum Gasteiger partial charge on any atom is 0.390 e. The normalized spacial score (nSPS) is 17.2. The molecule has 1 N–H and O–H groups in total. The number of benzene rings is 1. The number of hydrogen-bond donors (Lipinski definition) is 1. The molecule has 0 amide bonds.